The van der Waals surface area contributed by atoms with Crippen molar-refractivity contribution < 1.29 is 8.78 Å². The zero-order valence-electron chi connectivity index (χ0n) is 12.5. The van der Waals surface area contributed by atoms with Crippen LogP contribution in [0.1, 0.15) is 12.5 Å². The lowest BCUT2D eigenvalue weighted by Crippen LogP contribution is -2.38. The van der Waals surface area contributed by atoms with E-state index in [0.29, 0.717) is 19.0 Å². The molecule has 0 unspecified atom stereocenters. The number of rotatable bonds is 6. The molecular formula is C16H20F2N4. The summed E-state index contributed by atoms with van der Waals surface area (Å²) < 4.78 is 28.7. The molecule has 1 aromatic heterocycles. The predicted octanol–water partition coefficient (Wildman–Crippen LogP) is 2.52. The number of benzene rings is 1. The molecule has 0 fully saturated rings. The van der Waals surface area contributed by atoms with E-state index in [1.165, 1.54) is 6.07 Å². The normalized spacial score (nSPS) is 11.5. The van der Waals surface area contributed by atoms with Crippen molar-refractivity contribution in [3.63, 3.8) is 0 Å². The van der Waals surface area contributed by atoms with Crippen molar-refractivity contribution in [3.8, 4) is 0 Å². The maximum Gasteiger partial charge on any atom is 0.191 e. The molecule has 0 aliphatic heterocycles. The Morgan fingerprint density at radius 2 is 1.95 bits per heavy atom. The molecule has 0 saturated carbocycles. The van der Waals surface area contributed by atoms with Crippen LogP contribution >= 0.6 is 0 Å². The molecule has 0 bridgehead atoms. The number of aliphatic imine (C=N–C) groups is 1. The Bertz CT molecular complexity index is 609. The molecule has 2 aromatic rings. The van der Waals surface area contributed by atoms with Crippen molar-refractivity contribution in [3.05, 3.63) is 59.9 Å². The third-order valence-electron chi connectivity index (χ3n) is 3.09. The number of nitrogens with zero attached hydrogens (tertiary/aromatic N) is 2. The molecule has 22 heavy (non-hydrogen) atoms. The standard InChI is InChI=1S/C16H20F2N4/c1-2-19-16(20-7-10-22-8-3-4-9-22)21-12-13-11-14(17)5-6-15(13)18/h3-6,8-9,11H,2,7,10,12H2,1H3,(H2,19,20,21). The van der Waals surface area contributed by atoms with Gasteiger partial charge in [-0.3, -0.25) is 0 Å². The minimum Gasteiger partial charge on any atom is -0.357 e. The monoisotopic (exact) mass is 306 g/mol. The van der Waals surface area contributed by atoms with Crippen LogP contribution in [0, 0.1) is 11.6 Å². The maximum atomic E-state index is 13.6. The van der Waals surface area contributed by atoms with E-state index in [1.807, 2.05) is 36.0 Å². The second-order valence-corrected chi connectivity index (χ2v) is 4.78. The first kappa shape index (κ1) is 16.0. The van der Waals surface area contributed by atoms with Gasteiger partial charge in [0, 0.05) is 37.6 Å². The van der Waals surface area contributed by atoms with Gasteiger partial charge in [-0.05, 0) is 37.3 Å². The quantitative estimate of drug-likeness (QED) is 0.636. The number of hydrogen-bond donors (Lipinski definition) is 2. The fraction of sp³-hybridized carbons (Fsp3) is 0.312. The average molecular weight is 306 g/mol. The second-order valence-electron chi connectivity index (χ2n) is 4.78. The Morgan fingerprint density at radius 1 is 1.18 bits per heavy atom. The highest BCUT2D eigenvalue weighted by atomic mass is 19.1. The summed E-state index contributed by atoms with van der Waals surface area (Å²) in [5.74, 6) is -0.330. The molecule has 0 radical (unpaired) electrons. The Morgan fingerprint density at radius 3 is 2.68 bits per heavy atom. The Labute approximate surface area is 128 Å². The number of hydrogen-bond acceptors (Lipinski definition) is 1. The SMILES string of the molecule is CCNC(=NCc1cc(F)ccc1F)NCCn1cccc1. The van der Waals surface area contributed by atoms with Crippen LogP contribution in [-0.2, 0) is 13.1 Å². The molecule has 0 aliphatic carbocycles. The van der Waals surface area contributed by atoms with Crippen LogP contribution in [0.15, 0.2) is 47.7 Å². The molecule has 1 heterocycles. The molecule has 2 rings (SSSR count). The van der Waals surface area contributed by atoms with Crippen molar-refractivity contribution in [2.45, 2.75) is 20.0 Å². The zero-order valence-corrected chi connectivity index (χ0v) is 12.5. The molecule has 2 N–H and O–H groups in total. The highest BCUT2D eigenvalue weighted by Gasteiger charge is 2.04. The summed E-state index contributed by atoms with van der Waals surface area (Å²) in [4.78, 5) is 4.28. The van der Waals surface area contributed by atoms with Gasteiger partial charge in [0.25, 0.3) is 0 Å². The summed E-state index contributed by atoms with van der Waals surface area (Å²) in [7, 11) is 0. The summed E-state index contributed by atoms with van der Waals surface area (Å²) in [6.07, 6.45) is 3.96. The van der Waals surface area contributed by atoms with Gasteiger partial charge in [0.05, 0.1) is 6.54 Å². The molecule has 0 amide bonds. The number of guanidine groups is 1. The van der Waals surface area contributed by atoms with Gasteiger partial charge in [0.15, 0.2) is 5.96 Å². The predicted molar refractivity (Wildman–Crippen MR) is 83.6 cm³/mol. The van der Waals surface area contributed by atoms with Crippen molar-refractivity contribution in [2.24, 2.45) is 4.99 Å². The van der Waals surface area contributed by atoms with E-state index in [2.05, 4.69) is 15.6 Å². The summed E-state index contributed by atoms with van der Waals surface area (Å²) in [6.45, 7) is 4.22. The highest BCUT2D eigenvalue weighted by molar-refractivity contribution is 5.79. The van der Waals surface area contributed by atoms with E-state index in [4.69, 9.17) is 0 Å². The van der Waals surface area contributed by atoms with E-state index in [-0.39, 0.29) is 12.1 Å². The first-order valence-electron chi connectivity index (χ1n) is 7.26. The minimum atomic E-state index is -0.461. The van der Waals surface area contributed by atoms with Gasteiger partial charge >= 0.3 is 0 Å². The summed E-state index contributed by atoms with van der Waals surface area (Å²) in [5, 5.41) is 6.25. The molecule has 0 aliphatic rings. The summed E-state index contributed by atoms with van der Waals surface area (Å²) >= 11 is 0. The third kappa shape index (κ3) is 4.87. The van der Waals surface area contributed by atoms with E-state index < -0.39 is 11.6 Å². The van der Waals surface area contributed by atoms with Crippen LogP contribution in [0.5, 0.6) is 0 Å². The molecule has 0 spiro atoms. The molecule has 1 aromatic carbocycles. The fourth-order valence-electron chi connectivity index (χ4n) is 1.99. The zero-order chi connectivity index (χ0) is 15.8. The highest BCUT2D eigenvalue weighted by Crippen LogP contribution is 2.10. The fourth-order valence-corrected chi connectivity index (χ4v) is 1.99. The van der Waals surface area contributed by atoms with Gasteiger partial charge in [0.1, 0.15) is 11.6 Å². The van der Waals surface area contributed by atoms with E-state index in [1.54, 1.807) is 0 Å². The largest absolute Gasteiger partial charge is 0.357 e. The lowest BCUT2D eigenvalue weighted by molar-refractivity contribution is 0.585. The molecule has 6 heteroatoms. The number of aromatic nitrogens is 1. The van der Waals surface area contributed by atoms with Gasteiger partial charge in [0.2, 0.25) is 0 Å². The molecule has 118 valence electrons. The number of halogens is 2. The van der Waals surface area contributed by atoms with Crippen LogP contribution in [0.2, 0.25) is 0 Å². The van der Waals surface area contributed by atoms with Crippen molar-refractivity contribution in [1.29, 1.82) is 0 Å². The van der Waals surface area contributed by atoms with Gasteiger partial charge in [-0.2, -0.15) is 0 Å². The summed E-state index contributed by atoms with van der Waals surface area (Å²) in [5.41, 5.74) is 0.239. The van der Waals surface area contributed by atoms with Crippen LogP contribution in [0.3, 0.4) is 0 Å². The molecule has 0 atom stereocenters. The Kier molecular flexibility index (Phi) is 5.94. The van der Waals surface area contributed by atoms with E-state index >= 15 is 0 Å². The van der Waals surface area contributed by atoms with Crippen LogP contribution in [-0.4, -0.2) is 23.6 Å². The van der Waals surface area contributed by atoms with E-state index in [9.17, 15) is 8.78 Å². The van der Waals surface area contributed by atoms with Gasteiger partial charge in [-0.1, -0.05) is 0 Å². The lowest BCUT2D eigenvalue weighted by atomic mass is 10.2. The van der Waals surface area contributed by atoms with Gasteiger partial charge in [-0.25, -0.2) is 13.8 Å². The molecular weight excluding hydrogens is 286 g/mol. The minimum absolute atomic E-state index is 0.0858. The van der Waals surface area contributed by atoms with Crippen LogP contribution in [0.4, 0.5) is 8.78 Å². The van der Waals surface area contributed by atoms with Crippen LogP contribution in [0.25, 0.3) is 0 Å². The first-order chi connectivity index (χ1) is 10.7. The average Bonchev–Trinajstić information content (AvgIpc) is 3.01. The van der Waals surface area contributed by atoms with Gasteiger partial charge < -0.3 is 15.2 Å². The Balaban J connectivity index is 1.92. The van der Waals surface area contributed by atoms with Crippen molar-refractivity contribution >= 4 is 5.96 Å². The van der Waals surface area contributed by atoms with E-state index in [0.717, 1.165) is 18.7 Å². The summed E-state index contributed by atoms with van der Waals surface area (Å²) in [6, 6.07) is 7.32. The smallest absolute Gasteiger partial charge is 0.191 e. The molecule has 4 nitrogen and oxygen atoms in total. The number of nitrogens with one attached hydrogen (secondary N) is 2. The van der Waals surface area contributed by atoms with Crippen molar-refractivity contribution in [2.75, 3.05) is 13.1 Å². The third-order valence-corrected chi connectivity index (χ3v) is 3.09. The Hall–Kier alpha value is -2.37. The lowest BCUT2D eigenvalue weighted by Gasteiger charge is -2.12. The van der Waals surface area contributed by atoms with Gasteiger partial charge in [-0.15, -0.1) is 0 Å². The second kappa shape index (κ2) is 8.17. The maximum absolute atomic E-state index is 13.6. The molecule has 0 saturated heterocycles. The topological polar surface area (TPSA) is 41.4 Å². The van der Waals surface area contributed by atoms with Crippen LogP contribution < -0.4 is 10.6 Å². The first-order valence-corrected chi connectivity index (χ1v) is 7.26. The van der Waals surface area contributed by atoms with Crippen molar-refractivity contribution in [1.82, 2.24) is 15.2 Å².